The summed E-state index contributed by atoms with van der Waals surface area (Å²) in [6.45, 7) is 0.229. The van der Waals surface area contributed by atoms with E-state index in [2.05, 4.69) is 21.2 Å². The van der Waals surface area contributed by atoms with Gasteiger partial charge in [-0.05, 0) is 39.7 Å². The van der Waals surface area contributed by atoms with Crippen LogP contribution in [-0.2, 0) is 11.2 Å². The molecule has 19 heavy (non-hydrogen) atoms. The number of ketones is 1. The van der Waals surface area contributed by atoms with Crippen molar-refractivity contribution < 1.29 is 9.18 Å². The third-order valence-electron chi connectivity index (χ3n) is 2.68. The molecule has 4 heteroatoms. The fraction of sp³-hybridized carbons (Fsp3) is 0.133. The molecule has 1 N–H and O–H groups in total. The van der Waals surface area contributed by atoms with Gasteiger partial charge in [0.25, 0.3) is 0 Å². The summed E-state index contributed by atoms with van der Waals surface area (Å²) in [6.07, 6.45) is 0.207. The molecule has 0 fully saturated rings. The van der Waals surface area contributed by atoms with E-state index < -0.39 is 0 Å². The topological polar surface area (TPSA) is 29.1 Å². The molecule has 2 nitrogen and oxygen atoms in total. The van der Waals surface area contributed by atoms with Gasteiger partial charge in [0.2, 0.25) is 0 Å². The first-order chi connectivity index (χ1) is 9.16. The van der Waals surface area contributed by atoms with Gasteiger partial charge in [0, 0.05) is 12.1 Å². The van der Waals surface area contributed by atoms with Gasteiger partial charge in [-0.25, -0.2) is 4.39 Å². The van der Waals surface area contributed by atoms with E-state index in [0.717, 1.165) is 5.69 Å². The van der Waals surface area contributed by atoms with Crippen molar-refractivity contribution >= 4 is 27.4 Å². The van der Waals surface area contributed by atoms with Gasteiger partial charge in [0.1, 0.15) is 5.82 Å². The largest absolute Gasteiger partial charge is 0.378 e. The molecule has 0 radical (unpaired) electrons. The lowest BCUT2D eigenvalue weighted by Crippen LogP contribution is -2.16. The Bertz CT molecular complexity index is 572. The summed E-state index contributed by atoms with van der Waals surface area (Å²) in [5, 5.41) is 3.04. The molecule has 98 valence electrons. The second kappa shape index (κ2) is 6.48. The average Bonchev–Trinajstić information content (AvgIpc) is 2.43. The van der Waals surface area contributed by atoms with Crippen LogP contribution in [0.3, 0.4) is 0 Å². The summed E-state index contributed by atoms with van der Waals surface area (Å²) in [4.78, 5) is 11.8. The number of anilines is 1. The minimum absolute atomic E-state index is 0.00940. The van der Waals surface area contributed by atoms with Crippen LogP contribution in [0.15, 0.2) is 53.0 Å². The number of carbonyl (C=O) groups is 1. The quantitative estimate of drug-likeness (QED) is 0.907. The molecular formula is C15H13BrFNO. The Hall–Kier alpha value is -1.68. The molecule has 0 aliphatic carbocycles. The molecular weight excluding hydrogens is 309 g/mol. The Morgan fingerprint density at radius 3 is 2.58 bits per heavy atom. The van der Waals surface area contributed by atoms with Crippen LogP contribution >= 0.6 is 15.9 Å². The second-order valence-corrected chi connectivity index (χ2v) is 4.94. The monoisotopic (exact) mass is 321 g/mol. The third kappa shape index (κ3) is 3.89. The lowest BCUT2D eigenvalue weighted by molar-refractivity contribution is -0.116. The molecule has 2 aromatic rings. The van der Waals surface area contributed by atoms with Crippen molar-refractivity contribution in [2.45, 2.75) is 6.42 Å². The highest BCUT2D eigenvalue weighted by Gasteiger charge is 2.09. The van der Waals surface area contributed by atoms with Crippen molar-refractivity contribution in [3.63, 3.8) is 0 Å². The number of carbonyl (C=O) groups excluding carboxylic acids is 1. The Kier molecular flexibility index (Phi) is 4.68. The Labute approximate surface area is 119 Å². The summed E-state index contributed by atoms with van der Waals surface area (Å²) < 4.78 is 13.7. The van der Waals surface area contributed by atoms with Crippen LogP contribution in [0, 0.1) is 5.82 Å². The van der Waals surface area contributed by atoms with Crippen LogP contribution in [0.4, 0.5) is 10.1 Å². The number of benzene rings is 2. The molecule has 0 aliphatic heterocycles. The van der Waals surface area contributed by atoms with E-state index >= 15 is 0 Å². The molecule has 0 heterocycles. The first kappa shape index (κ1) is 13.7. The van der Waals surface area contributed by atoms with Crippen molar-refractivity contribution in [3.05, 3.63) is 64.4 Å². The number of hydrogen-bond donors (Lipinski definition) is 1. The van der Waals surface area contributed by atoms with E-state index in [0.29, 0.717) is 10.0 Å². The zero-order chi connectivity index (χ0) is 13.7. The van der Waals surface area contributed by atoms with E-state index in [4.69, 9.17) is 0 Å². The highest BCUT2D eigenvalue weighted by atomic mass is 79.9. The van der Waals surface area contributed by atoms with E-state index in [1.165, 1.54) is 6.07 Å². The molecule has 0 atom stereocenters. The zero-order valence-electron chi connectivity index (χ0n) is 10.2. The summed E-state index contributed by atoms with van der Waals surface area (Å²) in [6, 6.07) is 14.2. The molecule has 2 aromatic carbocycles. The number of para-hydroxylation sites is 1. The minimum atomic E-state index is -0.346. The Balaban J connectivity index is 1.93. The maximum Gasteiger partial charge on any atom is 0.156 e. The van der Waals surface area contributed by atoms with Crippen LogP contribution in [0.1, 0.15) is 5.56 Å². The first-order valence-electron chi connectivity index (χ1n) is 5.90. The number of nitrogens with one attached hydrogen (secondary N) is 1. The van der Waals surface area contributed by atoms with E-state index in [1.54, 1.807) is 12.1 Å². The van der Waals surface area contributed by atoms with E-state index in [-0.39, 0.29) is 24.6 Å². The van der Waals surface area contributed by atoms with Gasteiger partial charge in [0.05, 0.1) is 11.0 Å². The predicted octanol–water partition coefficient (Wildman–Crippen LogP) is 3.81. The first-order valence-corrected chi connectivity index (χ1v) is 6.69. The number of Topliss-reactive ketones (excluding diaryl/α,β-unsaturated/α-hetero) is 1. The van der Waals surface area contributed by atoms with Gasteiger partial charge in [-0.3, -0.25) is 4.79 Å². The molecule has 0 spiro atoms. The number of halogens is 2. The van der Waals surface area contributed by atoms with E-state index in [9.17, 15) is 9.18 Å². The predicted molar refractivity (Wildman–Crippen MR) is 77.7 cm³/mol. The van der Waals surface area contributed by atoms with Gasteiger partial charge < -0.3 is 5.32 Å². The molecule has 0 aromatic heterocycles. The maximum absolute atomic E-state index is 13.3. The van der Waals surface area contributed by atoms with Crippen LogP contribution in [0.25, 0.3) is 0 Å². The van der Waals surface area contributed by atoms with Gasteiger partial charge >= 0.3 is 0 Å². The normalized spacial score (nSPS) is 10.2. The lowest BCUT2D eigenvalue weighted by atomic mass is 10.1. The van der Waals surface area contributed by atoms with Gasteiger partial charge in [0.15, 0.2) is 5.78 Å². The molecule has 0 bridgehead atoms. The summed E-state index contributed by atoms with van der Waals surface area (Å²) in [5.41, 5.74) is 1.56. The number of rotatable bonds is 5. The smallest absolute Gasteiger partial charge is 0.156 e. The highest BCUT2D eigenvalue weighted by Crippen LogP contribution is 2.21. The molecule has 0 aliphatic rings. The van der Waals surface area contributed by atoms with Gasteiger partial charge in [-0.1, -0.05) is 30.3 Å². The summed E-state index contributed by atoms with van der Waals surface area (Å²) in [5.74, 6) is -0.337. The minimum Gasteiger partial charge on any atom is -0.378 e. The zero-order valence-corrected chi connectivity index (χ0v) is 11.8. The fourth-order valence-corrected chi connectivity index (χ4v) is 2.12. The second-order valence-electron chi connectivity index (χ2n) is 4.15. The SMILES string of the molecule is O=C(CNc1ccccc1)Cc1cccc(F)c1Br. The van der Waals surface area contributed by atoms with Crippen molar-refractivity contribution in [2.24, 2.45) is 0 Å². The lowest BCUT2D eigenvalue weighted by Gasteiger charge is -2.07. The van der Waals surface area contributed by atoms with Crippen molar-refractivity contribution in [1.29, 1.82) is 0 Å². The molecule has 0 unspecified atom stereocenters. The average molecular weight is 322 g/mol. The maximum atomic E-state index is 13.3. The van der Waals surface area contributed by atoms with Gasteiger partial charge in [-0.15, -0.1) is 0 Å². The standard InChI is InChI=1S/C15H13BrFNO/c16-15-11(5-4-8-14(15)17)9-13(19)10-18-12-6-2-1-3-7-12/h1-8,18H,9-10H2. The molecule has 0 saturated carbocycles. The van der Waals surface area contributed by atoms with Crippen LogP contribution in [-0.4, -0.2) is 12.3 Å². The Morgan fingerprint density at radius 1 is 1.11 bits per heavy atom. The summed E-state index contributed by atoms with van der Waals surface area (Å²) >= 11 is 3.16. The molecule has 2 rings (SSSR count). The molecule has 0 amide bonds. The van der Waals surface area contributed by atoms with Gasteiger partial charge in [-0.2, -0.15) is 0 Å². The van der Waals surface area contributed by atoms with Crippen molar-refractivity contribution in [2.75, 3.05) is 11.9 Å². The van der Waals surface area contributed by atoms with Crippen LogP contribution < -0.4 is 5.32 Å². The fourth-order valence-electron chi connectivity index (χ4n) is 1.72. The molecule has 0 saturated heterocycles. The third-order valence-corrected chi connectivity index (χ3v) is 3.57. The van der Waals surface area contributed by atoms with Crippen molar-refractivity contribution in [1.82, 2.24) is 0 Å². The van der Waals surface area contributed by atoms with Crippen molar-refractivity contribution in [3.8, 4) is 0 Å². The van der Waals surface area contributed by atoms with Crippen LogP contribution in [0.2, 0.25) is 0 Å². The highest BCUT2D eigenvalue weighted by molar-refractivity contribution is 9.10. The summed E-state index contributed by atoms with van der Waals surface area (Å²) in [7, 11) is 0. The van der Waals surface area contributed by atoms with Crippen LogP contribution in [0.5, 0.6) is 0 Å². The number of hydrogen-bond acceptors (Lipinski definition) is 2. The Morgan fingerprint density at radius 2 is 1.84 bits per heavy atom. The van der Waals surface area contributed by atoms with E-state index in [1.807, 2.05) is 30.3 Å².